The van der Waals surface area contributed by atoms with Gasteiger partial charge in [-0.3, -0.25) is 4.98 Å². The minimum Gasteiger partial charge on any atom is -0.497 e. The molecule has 0 aliphatic heterocycles. The van der Waals surface area contributed by atoms with Gasteiger partial charge in [-0.1, -0.05) is 18.2 Å². The highest BCUT2D eigenvalue weighted by Crippen LogP contribution is 2.24. The Morgan fingerprint density at radius 3 is 2.62 bits per heavy atom. The molecule has 2 aromatic rings. The highest BCUT2D eigenvalue weighted by molar-refractivity contribution is 5.35. The van der Waals surface area contributed by atoms with Crippen LogP contribution >= 0.6 is 0 Å². The molecular weight excluding hydrogens is 264 g/mol. The molecule has 0 fully saturated rings. The van der Waals surface area contributed by atoms with Crippen LogP contribution in [0.5, 0.6) is 11.5 Å². The first-order valence-corrected chi connectivity index (χ1v) is 7.02. The fraction of sp³-hybridized carbons (Fsp3) is 0.353. The highest BCUT2D eigenvalue weighted by Gasteiger charge is 2.10. The van der Waals surface area contributed by atoms with Crippen molar-refractivity contribution in [3.63, 3.8) is 0 Å². The molecule has 2 rings (SSSR count). The summed E-state index contributed by atoms with van der Waals surface area (Å²) in [6.45, 7) is 4.76. The second-order valence-electron chi connectivity index (χ2n) is 4.98. The van der Waals surface area contributed by atoms with Gasteiger partial charge in [0.25, 0.3) is 0 Å². The highest BCUT2D eigenvalue weighted by atomic mass is 16.5. The molecule has 1 aromatic carbocycles. The van der Waals surface area contributed by atoms with E-state index in [1.165, 1.54) is 0 Å². The van der Waals surface area contributed by atoms with E-state index in [2.05, 4.69) is 23.3 Å². The van der Waals surface area contributed by atoms with Crippen LogP contribution in [-0.2, 0) is 6.54 Å². The summed E-state index contributed by atoms with van der Waals surface area (Å²) in [4.78, 5) is 4.52. The van der Waals surface area contributed by atoms with Crippen molar-refractivity contribution < 1.29 is 9.47 Å². The van der Waals surface area contributed by atoms with E-state index in [4.69, 9.17) is 9.47 Å². The molecule has 0 saturated carbocycles. The predicted molar refractivity (Wildman–Crippen MR) is 83.8 cm³/mol. The maximum absolute atomic E-state index is 5.40. The topological polar surface area (TPSA) is 43.4 Å². The van der Waals surface area contributed by atoms with Gasteiger partial charge in [0.2, 0.25) is 0 Å². The fourth-order valence-electron chi connectivity index (χ4n) is 2.30. The maximum atomic E-state index is 5.40. The number of pyridine rings is 1. The van der Waals surface area contributed by atoms with E-state index in [0.29, 0.717) is 6.54 Å². The molecule has 0 bridgehead atoms. The molecule has 0 aliphatic carbocycles. The van der Waals surface area contributed by atoms with Gasteiger partial charge in [0.05, 0.1) is 19.9 Å². The molecule has 0 aliphatic rings. The molecule has 21 heavy (non-hydrogen) atoms. The molecule has 1 heterocycles. The molecule has 1 N–H and O–H groups in total. The number of nitrogens with one attached hydrogen (secondary N) is 1. The smallest absolute Gasteiger partial charge is 0.123 e. The van der Waals surface area contributed by atoms with Gasteiger partial charge in [-0.25, -0.2) is 0 Å². The summed E-state index contributed by atoms with van der Waals surface area (Å²) in [5, 5.41) is 3.47. The molecule has 0 saturated heterocycles. The van der Waals surface area contributed by atoms with Gasteiger partial charge in [0.15, 0.2) is 0 Å². The third kappa shape index (κ3) is 3.95. The molecular formula is C17H22N2O2. The summed E-state index contributed by atoms with van der Waals surface area (Å²) in [6.07, 6.45) is 0. The van der Waals surface area contributed by atoms with Crippen LogP contribution in [0.25, 0.3) is 0 Å². The Morgan fingerprint density at radius 2 is 1.90 bits per heavy atom. The number of methoxy groups -OCH3 is 2. The zero-order chi connectivity index (χ0) is 15.2. The Hall–Kier alpha value is -2.07. The average molecular weight is 286 g/mol. The Bertz CT molecular complexity index is 599. The van der Waals surface area contributed by atoms with Crippen LogP contribution in [0.2, 0.25) is 0 Å². The first kappa shape index (κ1) is 15.3. The summed E-state index contributed by atoms with van der Waals surface area (Å²) in [6, 6.07) is 12.1. The summed E-state index contributed by atoms with van der Waals surface area (Å²) in [7, 11) is 3.36. The third-order valence-electron chi connectivity index (χ3n) is 3.41. The molecule has 0 unspecified atom stereocenters. The number of para-hydroxylation sites is 1. The van der Waals surface area contributed by atoms with Gasteiger partial charge in [0.1, 0.15) is 11.5 Å². The first-order chi connectivity index (χ1) is 10.1. The van der Waals surface area contributed by atoms with E-state index in [0.717, 1.165) is 28.5 Å². The molecule has 0 spiro atoms. The van der Waals surface area contributed by atoms with Crippen molar-refractivity contribution in [3.05, 3.63) is 53.3 Å². The van der Waals surface area contributed by atoms with Crippen molar-refractivity contribution in [2.45, 2.75) is 26.4 Å². The summed E-state index contributed by atoms with van der Waals surface area (Å²) < 4.78 is 10.7. The van der Waals surface area contributed by atoms with Gasteiger partial charge in [-0.2, -0.15) is 0 Å². The van der Waals surface area contributed by atoms with Crippen molar-refractivity contribution in [1.82, 2.24) is 10.3 Å². The van der Waals surface area contributed by atoms with Crippen molar-refractivity contribution in [3.8, 4) is 11.5 Å². The predicted octanol–water partition coefficient (Wildman–Crippen LogP) is 3.26. The zero-order valence-electron chi connectivity index (χ0n) is 13.0. The molecule has 0 radical (unpaired) electrons. The monoisotopic (exact) mass is 286 g/mol. The quantitative estimate of drug-likeness (QED) is 0.885. The Morgan fingerprint density at radius 1 is 1.14 bits per heavy atom. The fourth-order valence-corrected chi connectivity index (χ4v) is 2.30. The molecule has 1 aromatic heterocycles. The van der Waals surface area contributed by atoms with E-state index < -0.39 is 0 Å². The van der Waals surface area contributed by atoms with Gasteiger partial charge < -0.3 is 14.8 Å². The van der Waals surface area contributed by atoms with Gasteiger partial charge >= 0.3 is 0 Å². The van der Waals surface area contributed by atoms with Crippen molar-refractivity contribution >= 4 is 0 Å². The van der Waals surface area contributed by atoms with Crippen LogP contribution in [0.4, 0.5) is 0 Å². The van der Waals surface area contributed by atoms with Gasteiger partial charge in [-0.05, 0) is 19.9 Å². The van der Waals surface area contributed by atoms with Crippen LogP contribution in [0.1, 0.15) is 29.9 Å². The zero-order valence-corrected chi connectivity index (χ0v) is 13.0. The SMILES string of the molecule is COc1cc(C)nc(CN[C@H](C)c2ccccc2OC)c1. The number of aryl methyl sites for hydroxylation is 1. The van der Waals surface area contributed by atoms with Crippen LogP contribution in [0, 0.1) is 6.92 Å². The molecule has 4 heteroatoms. The number of nitrogens with zero attached hydrogens (tertiary/aromatic N) is 1. The van der Waals surface area contributed by atoms with E-state index in [1.54, 1.807) is 14.2 Å². The molecule has 0 amide bonds. The number of hydrogen-bond donors (Lipinski definition) is 1. The standard InChI is InChI=1S/C17H22N2O2/c1-12-9-15(20-3)10-14(19-12)11-18-13(2)16-7-5-6-8-17(16)21-4/h5-10,13,18H,11H2,1-4H3/t13-/m1/s1. The largest absolute Gasteiger partial charge is 0.497 e. The molecule has 4 nitrogen and oxygen atoms in total. The van der Waals surface area contributed by atoms with Crippen molar-refractivity contribution in [2.24, 2.45) is 0 Å². The lowest BCUT2D eigenvalue weighted by molar-refractivity contribution is 0.400. The van der Waals surface area contributed by atoms with E-state index in [-0.39, 0.29) is 6.04 Å². The number of hydrogen-bond acceptors (Lipinski definition) is 4. The number of aromatic nitrogens is 1. The number of ether oxygens (including phenoxy) is 2. The lowest BCUT2D eigenvalue weighted by Crippen LogP contribution is -2.19. The minimum atomic E-state index is 0.175. The summed E-state index contributed by atoms with van der Waals surface area (Å²) in [5.41, 5.74) is 3.06. The van der Waals surface area contributed by atoms with E-state index in [9.17, 15) is 0 Å². The second kappa shape index (κ2) is 7.09. The normalized spacial score (nSPS) is 12.0. The van der Waals surface area contributed by atoms with E-state index in [1.807, 2.05) is 37.3 Å². The Labute approximate surface area is 126 Å². The Balaban J connectivity index is 2.07. The van der Waals surface area contributed by atoms with Gasteiger partial charge in [0, 0.05) is 36.0 Å². The van der Waals surface area contributed by atoms with Crippen molar-refractivity contribution in [2.75, 3.05) is 14.2 Å². The van der Waals surface area contributed by atoms with Crippen molar-refractivity contribution in [1.29, 1.82) is 0 Å². The number of benzene rings is 1. The third-order valence-corrected chi connectivity index (χ3v) is 3.41. The number of rotatable bonds is 6. The lowest BCUT2D eigenvalue weighted by atomic mass is 10.1. The molecule has 112 valence electrons. The minimum absolute atomic E-state index is 0.175. The van der Waals surface area contributed by atoms with Crippen LogP contribution in [0.3, 0.4) is 0 Å². The maximum Gasteiger partial charge on any atom is 0.123 e. The second-order valence-corrected chi connectivity index (χ2v) is 4.98. The lowest BCUT2D eigenvalue weighted by Gasteiger charge is -2.17. The van der Waals surface area contributed by atoms with Crippen LogP contribution < -0.4 is 14.8 Å². The van der Waals surface area contributed by atoms with Crippen LogP contribution in [-0.4, -0.2) is 19.2 Å². The summed E-state index contributed by atoms with van der Waals surface area (Å²) >= 11 is 0. The van der Waals surface area contributed by atoms with Gasteiger partial charge in [-0.15, -0.1) is 0 Å². The van der Waals surface area contributed by atoms with E-state index >= 15 is 0 Å². The van der Waals surface area contributed by atoms with Crippen LogP contribution in [0.15, 0.2) is 36.4 Å². The summed E-state index contributed by atoms with van der Waals surface area (Å²) in [5.74, 6) is 1.73. The average Bonchev–Trinajstić information content (AvgIpc) is 2.52. The Kier molecular flexibility index (Phi) is 5.17. The molecule has 1 atom stereocenters. The first-order valence-electron chi connectivity index (χ1n) is 7.02.